The highest BCUT2D eigenvalue weighted by atomic mass is 19.1. The first-order valence-electron chi connectivity index (χ1n) is 4.81. The molecule has 2 aromatic rings. The summed E-state index contributed by atoms with van der Waals surface area (Å²) in [7, 11) is 0. The second-order valence-electron chi connectivity index (χ2n) is 3.25. The van der Waals surface area contributed by atoms with Crippen LogP contribution in [-0.2, 0) is 6.54 Å². The largest absolute Gasteiger partial charge is 0.326 e. The third kappa shape index (κ3) is 2.52. The van der Waals surface area contributed by atoms with E-state index in [1.807, 2.05) is 24.3 Å². The quantitative estimate of drug-likeness (QED) is 0.824. The van der Waals surface area contributed by atoms with Gasteiger partial charge in [-0.05, 0) is 17.7 Å². The molecule has 0 amide bonds. The van der Waals surface area contributed by atoms with Crippen molar-refractivity contribution in [2.24, 2.45) is 5.73 Å². The Morgan fingerprint density at radius 1 is 1.12 bits per heavy atom. The molecular weight excluding hydrogens is 207 g/mol. The van der Waals surface area contributed by atoms with E-state index in [1.54, 1.807) is 0 Å². The number of anilines is 2. The minimum Gasteiger partial charge on any atom is -0.326 e. The van der Waals surface area contributed by atoms with Crippen molar-refractivity contribution in [2.75, 3.05) is 5.32 Å². The topological polar surface area (TPSA) is 63.8 Å². The zero-order chi connectivity index (χ0) is 11.4. The lowest BCUT2D eigenvalue weighted by molar-refractivity contribution is 0.614. The Labute approximate surface area is 92.3 Å². The van der Waals surface area contributed by atoms with Crippen molar-refractivity contribution in [1.82, 2.24) is 9.97 Å². The van der Waals surface area contributed by atoms with Gasteiger partial charge in [-0.2, -0.15) is 0 Å². The van der Waals surface area contributed by atoms with E-state index in [1.165, 1.54) is 0 Å². The number of benzene rings is 1. The molecule has 0 aliphatic heterocycles. The smallest absolute Gasteiger partial charge is 0.227 e. The first-order valence-corrected chi connectivity index (χ1v) is 4.81. The van der Waals surface area contributed by atoms with E-state index in [2.05, 4.69) is 15.3 Å². The molecule has 0 fully saturated rings. The van der Waals surface area contributed by atoms with Gasteiger partial charge in [0.1, 0.15) is 0 Å². The van der Waals surface area contributed by atoms with E-state index in [4.69, 9.17) is 5.73 Å². The van der Waals surface area contributed by atoms with E-state index in [0.29, 0.717) is 12.5 Å². The molecule has 0 bridgehead atoms. The monoisotopic (exact) mass is 218 g/mol. The maximum absolute atomic E-state index is 12.6. The lowest BCUT2D eigenvalue weighted by atomic mass is 10.2. The predicted molar refractivity (Wildman–Crippen MR) is 59.6 cm³/mol. The molecular formula is C11H11FN4. The number of nitrogens with two attached hydrogens (primary N) is 1. The molecule has 0 radical (unpaired) electrons. The fraction of sp³-hybridized carbons (Fsp3) is 0.0909. The zero-order valence-electron chi connectivity index (χ0n) is 8.52. The molecule has 0 saturated heterocycles. The van der Waals surface area contributed by atoms with Crippen molar-refractivity contribution in [3.63, 3.8) is 0 Å². The van der Waals surface area contributed by atoms with E-state index in [-0.39, 0.29) is 0 Å². The summed E-state index contributed by atoms with van der Waals surface area (Å²) in [6, 6.07) is 7.56. The summed E-state index contributed by atoms with van der Waals surface area (Å²) in [4.78, 5) is 7.59. The number of nitrogens with one attached hydrogen (secondary N) is 1. The molecule has 0 aliphatic carbocycles. The SMILES string of the molecule is NCc1ccc(Nc2ncc(F)cn2)cc1. The van der Waals surface area contributed by atoms with Gasteiger partial charge in [0, 0.05) is 12.2 Å². The summed E-state index contributed by atoms with van der Waals surface area (Å²) >= 11 is 0. The lowest BCUT2D eigenvalue weighted by Gasteiger charge is -2.04. The van der Waals surface area contributed by atoms with Gasteiger partial charge < -0.3 is 11.1 Å². The molecule has 16 heavy (non-hydrogen) atoms. The average molecular weight is 218 g/mol. The van der Waals surface area contributed by atoms with Crippen molar-refractivity contribution in [3.8, 4) is 0 Å². The summed E-state index contributed by atoms with van der Waals surface area (Å²) in [6.07, 6.45) is 2.23. The summed E-state index contributed by atoms with van der Waals surface area (Å²) in [5, 5.41) is 2.95. The number of hydrogen-bond donors (Lipinski definition) is 2. The molecule has 4 nitrogen and oxygen atoms in total. The van der Waals surface area contributed by atoms with Gasteiger partial charge in [0.25, 0.3) is 0 Å². The number of hydrogen-bond acceptors (Lipinski definition) is 4. The van der Waals surface area contributed by atoms with Gasteiger partial charge in [-0.25, -0.2) is 14.4 Å². The first-order chi connectivity index (χ1) is 7.78. The fourth-order valence-corrected chi connectivity index (χ4v) is 1.23. The minimum atomic E-state index is -0.455. The average Bonchev–Trinajstić information content (AvgIpc) is 2.33. The van der Waals surface area contributed by atoms with Crippen LogP contribution >= 0.6 is 0 Å². The molecule has 82 valence electrons. The van der Waals surface area contributed by atoms with E-state index < -0.39 is 5.82 Å². The van der Waals surface area contributed by atoms with Crippen molar-refractivity contribution in [3.05, 3.63) is 48.0 Å². The summed E-state index contributed by atoms with van der Waals surface area (Å²) in [6.45, 7) is 0.507. The molecule has 0 unspecified atom stereocenters. The molecule has 5 heteroatoms. The van der Waals surface area contributed by atoms with E-state index in [0.717, 1.165) is 23.6 Å². The summed E-state index contributed by atoms with van der Waals surface area (Å²) in [5.41, 5.74) is 7.37. The lowest BCUT2D eigenvalue weighted by Crippen LogP contribution is -1.98. The van der Waals surface area contributed by atoms with Crippen LogP contribution in [0.15, 0.2) is 36.7 Å². The van der Waals surface area contributed by atoms with Gasteiger partial charge in [0.05, 0.1) is 12.4 Å². The van der Waals surface area contributed by atoms with Crippen LogP contribution in [0.5, 0.6) is 0 Å². The van der Waals surface area contributed by atoms with Crippen molar-refractivity contribution in [1.29, 1.82) is 0 Å². The maximum Gasteiger partial charge on any atom is 0.227 e. The van der Waals surface area contributed by atoms with Gasteiger partial charge in [-0.15, -0.1) is 0 Å². The van der Waals surface area contributed by atoms with Crippen LogP contribution in [0.3, 0.4) is 0 Å². The zero-order valence-corrected chi connectivity index (χ0v) is 8.52. The second kappa shape index (κ2) is 4.67. The van der Waals surface area contributed by atoms with Crippen LogP contribution in [0.25, 0.3) is 0 Å². The van der Waals surface area contributed by atoms with Crippen molar-refractivity contribution >= 4 is 11.6 Å². The number of rotatable bonds is 3. The first kappa shape index (κ1) is 10.5. The van der Waals surface area contributed by atoms with Crippen LogP contribution in [0.2, 0.25) is 0 Å². The van der Waals surface area contributed by atoms with Gasteiger partial charge >= 0.3 is 0 Å². The number of aromatic nitrogens is 2. The Morgan fingerprint density at radius 3 is 2.31 bits per heavy atom. The van der Waals surface area contributed by atoms with Gasteiger partial charge in [0.15, 0.2) is 5.82 Å². The van der Waals surface area contributed by atoms with Crippen LogP contribution in [0, 0.1) is 5.82 Å². The van der Waals surface area contributed by atoms with Gasteiger partial charge in [0.2, 0.25) is 5.95 Å². The van der Waals surface area contributed by atoms with E-state index in [9.17, 15) is 4.39 Å². The molecule has 1 aromatic heterocycles. The molecule has 0 atom stereocenters. The Balaban J connectivity index is 2.11. The third-order valence-corrected chi connectivity index (χ3v) is 2.07. The van der Waals surface area contributed by atoms with Crippen LogP contribution in [-0.4, -0.2) is 9.97 Å². The predicted octanol–water partition coefficient (Wildman–Crippen LogP) is 1.82. The highest BCUT2D eigenvalue weighted by molar-refractivity contribution is 5.53. The highest BCUT2D eigenvalue weighted by Gasteiger charge is 1.98. The fourth-order valence-electron chi connectivity index (χ4n) is 1.23. The van der Waals surface area contributed by atoms with Crippen LogP contribution in [0.4, 0.5) is 16.0 Å². The Morgan fingerprint density at radius 2 is 1.75 bits per heavy atom. The Kier molecular flexibility index (Phi) is 3.07. The molecule has 1 aromatic carbocycles. The van der Waals surface area contributed by atoms with Gasteiger partial charge in [-0.1, -0.05) is 12.1 Å². The molecule has 0 saturated carbocycles. The maximum atomic E-state index is 12.6. The van der Waals surface area contributed by atoms with Crippen molar-refractivity contribution in [2.45, 2.75) is 6.54 Å². The molecule has 0 aliphatic rings. The number of nitrogens with zero attached hydrogens (tertiary/aromatic N) is 2. The minimum absolute atomic E-state index is 0.363. The standard InChI is InChI=1S/C11H11FN4/c12-9-6-14-11(15-7-9)16-10-3-1-8(5-13)2-4-10/h1-4,6-7H,5,13H2,(H,14,15,16). The van der Waals surface area contributed by atoms with Crippen LogP contribution in [0.1, 0.15) is 5.56 Å². The highest BCUT2D eigenvalue weighted by Crippen LogP contribution is 2.13. The molecule has 3 N–H and O–H groups in total. The van der Waals surface area contributed by atoms with Crippen LogP contribution < -0.4 is 11.1 Å². The Bertz CT molecular complexity index is 452. The van der Waals surface area contributed by atoms with Crippen molar-refractivity contribution < 1.29 is 4.39 Å². The molecule has 1 heterocycles. The Hall–Kier alpha value is -2.01. The third-order valence-electron chi connectivity index (χ3n) is 2.07. The van der Waals surface area contributed by atoms with Gasteiger partial charge in [-0.3, -0.25) is 0 Å². The second-order valence-corrected chi connectivity index (χ2v) is 3.25. The summed E-state index contributed by atoms with van der Waals surface area (Å²) in [5.74, 6) is -0.0917. The summed E-state index contributed by atoms with van der Waals surface area (Å²) < 4.78 is 12.6. The molecule has 2 rings (SSSR count). The normalized spacial score (nSPS) is 10.1. The van der Waals surface area contributed by atoms with E-state index >= 15 is 0 Å². The number of halogens is 1. The molecule has 0 spiro atoms.